The van der Waals surface area contributed by atoms with E-state index in [1.54, 1.807) is 19.1 Å². The zero-order valence-corrected chi connectivity index (χ0v) is 11.0. The van der Waals surface area contributed by atoms with Crippen LogP contribution in [-0.2, 0) is 0 Å². The number of aromatic nitrogens is 2. The van der Waals surface area contributed by atoms with Gasteiger partial charge in [0.1, 0.15) is 0 Å². The standard InChI is InChI=1S/C14H13N3O3/c1-8-3-4-10(9(2)16-8)13(18)17-12-7-15-6-5-11(12)14(19)20/h3-7H,1-2H3,(H,17,18)(H,19,20). The summed E-state index contributed by atoms with van der Waals surface area (Å²) < 4.78 is 0. The van der Waals surface area contributed by atoms with Crippen molar-refractivity contribution in [1.82, 2.24) is 9.97 Å². The van der Waals surface area contributed by atoms with Crippen molar-refractivity contribution in [1.29, 1.82) is 0 Å². The average Bonchev–Trinajstić information content (AvgIpc) is 2.38. The number of rotatable bonds is 3. The summed E-state index contributed by atoms with van der Waals surface area (Å²) in [5, 5.41) is 11.6. The maximum Gasteiger partial charge on any atom is 0.337 e. The molecule has 0 aliphatic carbocycles. The summed E-state index contributed by atoms with van der Waals surface area (Å²) in [5.41, 5.74) is 1.95. The smallest absolute Gasteiger partial charge is 0.337 e. The molecule has 0 saturated carbocycles. The first-order valence-corrected chi connectivity index (χ1v) is 5.92. The SMILES string of the molecule is Cc1ccc(C(=O)Nc2cnccc2C(=O)O)c(C)n1. The van der Waals surface area contributed by atoms with Crippen molar-refractivity contribution in [3.05, 3.63) is 53.1 Å². The highest BCUT2D eigenvalue weighted by Gasteiger charge is 2.15. The number of hydrogen-bond acceptors (Lipinski definition) is 4. The molecule has 0 spiro atoms. The zero-order valence-electron chi connectivity index (χ0n) is 11.0. The van der Waals surface area contributed by atoms with E-state index in [0.29, 0.717) is 11.3 Å². The van der Waals surface area contributed by atoms with Gasteiger partial charge < -0.3 is 10.4 Å². The Hall–Kier alpha value is -2.76. The number of carboxylic acid groups (broad SMARTS) is 1. The second-order valence-corrected chi connectivity index (χ2v) is 4.27. The van der Waals surface area contributed by atoms with Crippen LogP contribution in [0.5, 0.6) is 0 Å². The Morgan fingerprint density at radius 1 is 1.15 bits per heavy atom. The fraction of sp³-hybridized carbons (Fsp3) is 0.143. The molecule has 6 heteroatoms. The van der Waals surface area contributed by atoms with E-state index in [-0.39, 0.29) is 11.3 Å². The molecular weight excluding hydrogens is 258 g/mol. The number of aryl methyl sites for hydroxylation is 2. The second kappa shape index (κ2) is 5.48. The van der Waals surface area contributed by atoms with Gasteiger partial charge in [-0.05, 0) is 32.0 Å². The van der Waals surface area contributed by atoms with Gasteiger partial charge in [-0.15, -0.1) is 0 Å². The molecule has 2 rings (SSSR count). The lowest BCUT2D eigenvalue weighted by molar-refractivity contribution is 0.0698. The minimum absolute atomic E-state index is 0.00826. The van der Waals surface area contributed by atoms with Crippen molar-refractivity contribution in [3.8, 4) is 0 Å². The Bertz CT molecular complexity index is 683. The van der Waals surface area contributed by atoms with E-state index >= 15 is 0 Å². The van der Waals surface area contributed by atoms with Gasteiger partial charge in [0.25, 0.3) is 5.91 Å². The van der Waals surface area contributed by atoms with Crippen molar-refractivity contribution < 1.29 is 14.7 Å². The summed E-state index contributed by atoms with van der Waals surface area (Å²) in [7, 11) is 0. The lowest BCUT2D eigenvalue weighted by atomic mass is 10.1. The molecule has 2 aromatic heterocycles. The van der Waals surface area contributed by atoms with Crippen LogP contribution in [0.3, 0.4) is 0 Å². The normalized spacial score (nSPS) is 10.1. The van der Waals surface area contributed by atoms with Crippen LogP contribution < -0.4 is 5.32 Å². The number of nitrogens with zero attached hydrogens (tertiary/aromatic N) is 2. The molecule has 0 fully saturated rings. The number of carbonyl (C=O) groups excluding carboxylic acids is 1. The largest absolute Gasteiger partial charge is 0.478 e. The van der Waals surface area contributed by atoms with Gasteiger partial charge in [0, 0.05) is 11.9 Å². The molecular formula is C14H13N3O3. The summed E-state index contributed by atoms with van der Waals surface area (Å²) in [6.45, 7) is 3.56. The van der Waals surface area contributed by atoms with E-state index in [1.165, 1.54) is 18.5 Å². The number of amides is 1. The third-order valence-electron chi connectivity index (χ3n) is 2.77. The molecule has 2 heterocycles. The first kappa shape index (κ1) is 13.7. The highest BCUT2D eigenvalue weighted by Crippen LogP contribution is 2.15. The fourth-order valence-electron chi connectivity index (χ4n) is 1.80. The molecule has 0 aliphatic rings. The minimum atomic E-state index is -1.12. The molecule has 2 N–H and O–H groups in total. The quantitative estimate of drug-likeness (QED) is 0.891. The Labute approximate surface area is 115 Å². The zero-order chi connectivity index (χ0) is 14.7. The number of carbonyl (C=O) groups is 2. The number of carboxylic acids is 1. The Balaban J connectivity index is 2.30. The highest BCUT2D eigenvalue weighted by atomic mass is 16.4. The van der Waals surface area contributed by atoms with Gasteiger partial charge in [0.2, 0.25) is 0 Å². The minimum Gasteiger partial charge on any atom is -0.478 e. The molecule has 0 atom stereocenters. The molecule has 0 saturated heterocycles. The van der Waals surface area contributed by atoms with Gasteiger partial charge in [-0.25, -0.2) is 4.79 Å². The van der Waals surface area contributed by atoms with Gasteiger partial charge in [-0.2, -0.15) is 0 Å². The predicted molar refractivity (Wildman–Crippen MR) is 72.9 cm³/mol. The molecule has 20 heavy (non-hydrogen) atoms. The van der Waals surface area contributed by atoms with Crippen molar-refractivity contribution >= 4 is 17.6 Å². The Kier molecular flexibility index (Phi) is 3.74. The lowest BCUT2D eigenvalue weighted by Crippen LogP contribution is -2.16. The van der Waals surface area contributed by atoms with E-state index in [2.05, 4.69) is 15.3 Å². The highest BCUT2D eigenvalue weighted by molar-refractivity contribution is 6.08. The van der Waals surface area contributed by atoms with E-state index in [9.17, 15) is 9.59 Å². The van der Waals surface area contributed by atoms with Crippen LogP contribution in [0.2, 0.25) is 0 Å². The summed E-state index contributed by atoms with van der Waals surface area (Å²) in [6, 6.07) is 4.71. The molecule has 0 aromatic carbocycles. The van der Waals surface area contributed by atoms with Crippen LogP contribution >= 0.6 is 0 Å². The van der Waals surface area contributed by atoms with Crippen molar-refractivity contribution in [2.75, 3.05) is 5.32 Å². The summed E-state index contributed by atoms with van der Waals surface area (Å²) in [5.74, 6) is -1.54. The summed E-state index contributed by atoms with van der Waals surface area (Å²) in [6.07, 6.45) is 2.66. The average molecular weight is 271 g/mol. The Morgan fingerprint density at radius 2 is 1.90 bits per heavy atom. The second-order valence-electron chi connectivity index (χ2n) is 4.27. The van der Waals surface area contributed by atoms with E-state index in [0.717, 1.165) is 5.69 Å². The topological polar surface area (TPSA) is 92.2 Å². The van der Waals surface area contributed by atoms with Crippen LogP contribution in [0.1, 0.15) is 32.1 Å². The van der Waals surface area contributed by atoms with Crippen LogP contribution in [-0.4, -0.2) is 27.0 Å². The van der Waals surface area contributed by atoms with Crippen molar-refractivity contribution in [2.45, 2.75) is 13.8 Å². The van der Waals surface area contributed by atoms with Crippen molar-refractivity contribution in [2.24, 2.45) is 0 Å². The molecule has 102 valence electrons. The van der Waals surface area contributed by atoms with Gasteiger partial charge in [-0.1, -0.05) is 0 Å². The van der Waals surface area contributed by atoms with Gasteiger partial charge in [0.15, 0.2) is 0 Å². The van der Waals surface area contributed by atoms with Crippen LogP contribution in [0.15, 0.2) is 30.6 Å². The van der Waals surface area contributed by atoms with Gasteiger partial charge in [0.05, 0.1) is 28.7 Å². The van der Waals surface area contributed by atoms with E-state index in [4.69, 9.17) is 5.11 Å². The first-order chi connectivity index (χ1) is 9.49. The maximum absolute atomic E-state index is 12.1. The molecule has 1 amide bonds. The number of pyridine rings is 2. The third kappa shape index (κ3) is 2.80. The molecule has 0 bridgehead atoms. The lowest BCUT2D eigenvalue weighted by Gasteiger charge is -2.09. The van der Waals surface area contributed by atoms with Crippen molar-refractivity contribution in [3.63, 3.8) is 0 Å². The molecule has 2 aromatic rings. The predicted octanol–water partition coefficient (Wildman–Crippen LogP) is 2.04. The Morgan fingerprint density at radius 3 is 2.55 bits per heavy atom. The molecule has 0 radical (unpaired) electrons. The fourth-order valence-corrected chi connectivity index (χ4v) is 1.80. The number of anilines is 1. The van der Waals surface area contributed by atoms with Crippen LogP contribution in [0.25, 0.3) is 0 Å². The number of nitrogens with one attached hydrogen (secondary N) is 1. The number of aromatic carboxylic acids is 1. The monoisotopic (exact) mass is 271 g/mol. The molecule has 6 nitrogen and oxygen atoms in total. The van der Waals surface area contributed by atoms with Gasteiger partial charge >= 0.3 is 5.97 Å². The summed E-state index contributed by atoms with van der Waals surface area (Å²) >= 11 is 0. The van der Waals surface area contributed by atoms with E-state index < -0.39 is 11.9 Å². The maximum atomic E-state index is 12.1. The third-order valence-corrected chi connectivity index (χ3v) is 2.77. The molecule has 0 aliphatic heterocycles. The first-order valence-electron chi connectivity index (χ1n) is 5.92. The van der Waals surface area contributed by atoms with Crippen LogP contribution in [0.4, 0.5) is 5.69 Å². The van der Waals surface area contributed by atoms with Gasteiger partial charge in [-0.3, -0.25) is 14.8 Å². The van der Waals surface area contributed by atoms with Crippen LogP contribution in [0, 0.1) is 13.8 Å². The molecule has 0 unspecified atom stereocenters. The number of hydrogen-bond donors (Lipinski definition) is 2. The van der Waals surface area contributed by atoms with E-state index in [1.807, 2.05) is 6.92 Å². The summed E-state index contributed by atoms with van der Waals surface area (Å²) in [4.78, 5) is 31.2.